The highest BCUT2D eigenvalue weighted by molar-refractivity contribution is 6.31. The molecule has 2 N–H and O–H groups in total. The maximum absolute atomic E-state index is 9.02. The summed E-state index contributed by atoms with van der Waals surface area (Å²) in [6.07, 6.45) is 0. The van der Waals surface area contributed by atoms with Crippen molar-refractivity contribution in [1.82, 2.24) is 5.32 Å². The molecule has 1 atom stereocenters. The summed E-state index contributed by atoms with van der Waals surface area (Å²) < 4.78 is 5.74. The predicted octanol–water partition coefficient (Wildman–Crippen LogP) is 3.09. The van der Waals surface area contributed by atoms with Gasteiger partial charge in [0.1, 0.15) is 5.75 Å². The Balaban J connectivity index is 2.66. The van der Waals surface area contributed by atoms with Crippen LogP contribution in [0.5, 0.6) is 5.75 Å². The Kier molecular flexibility index (Phi) is 7.21. The Morgan fingerprint density at radius 2 is 2.05 bits per heavy atom. The number of hydrogen-bond acceptors (Lipinski definition) is 3. The van der Waals surface area contributed by atoms with E-state index in [4.69, 9.17) is 21.4 Å². The molecule has 4 heteroatoms. The summed E-state index contributed by atoms with van der Waals surface area (Å²) in [6.45, 7) is 8.54. The van der Waals surface area contributed by atoms with Crippen LogP contribution >= 0.6 is 11.6 Å². The molecule has 0 aliphatic carbocycles. The van der Waals surface area contributed by atoms with Gasteiger partial charge in [0.15, 0.2) is 0 Å². The Labute approximate surface area is 120 Å². The van der Waals surface area contributed by atoms with Crippen LogP contribution in [0.15, 0.2) is 18.2 Å². The SMILES string of the molecule is CC(C)CNCc1c(Cl)cccc1OCC(C)CO. The van der Waals surface area contributed by atoms with E-state index in [2.05, 4.69) is 19.2 Å². The molecule has 0 spiro atoms. The number of ether oxygens (including phenoxy) is 1. The van der Waals surface area contributed by atoms with Crippen molar-refractivity contribution < 1.29 is 9.84 Å². The summed E-state index contributed by atoms with van der Waals surface area (Å²) in [5, 5.41) is 13.1. The fourth-order valence-electron chi connectivity index (χ4n) is 1.62. The van der Waals surface area contributed by atoms with Gasteiger partial charge < -0.3 is 15.2 Å². The molecule has 3 nitrogen and oxygen atoms in total. The lowest BCUT2D eigenvalue weighted by atomic mass is 10.1. The van der Waals surface area contributed by atoms with Crippen LogP contribution in [0, 0.1) is 11.8 Å². The van der Waals surface area contributed by atoms with Crippen LogP contribution in [0.3, 0.4) is 0 Å². The first-order chi connectivity index (χ1) is 9.04. The number of hydrogen-bond donors (Lipinski definition) is 2. The normalized spacial score (nSPS) is 12.7. The first-order valence-electron chi connectivity index (χ1n) is 6.76. The monoisotopic (exact) mass is 285 g/mol. The van der Waals surface area contributed by atoms with E-state index in [1.807, 2.05) is 25.1 Å². The molecule has 0 aromatic heterocycles. The smallest absolute Gasteiger partial charge is 0.125 e. The Morgan fingerprint density at radius 3 is 2.68 bits per heavy atom. The zero-order chi connectivity index (χ0) is 14.3. The Hall–Kier alpha value is -0.770. The lowest BCUT2D eigenvalue weighted by Crippen LogP contribution is -2.20. The zero-order valence-electron chi connectivity index (χ0n) is 11.9. The third-order valence-corrected chi connectivity index (χ3v) is 3.12. The fraction of sp³-hybridized carbons (Fsp3) is 0.600. The van der Waals surface area contributed by atoms with E-state index in [9.17, 15) is 0 Å². The van der Waals surface area contributed by atoms with Crippen molar-refractivity contribution >= 4 is 11.6 Å². The maximum atomic E-state index is 9.02. The summed E-state index contributed by atoms with van der Waals surface area (Å²) in [5.41, 5.74) is 0.981. The van der Waals surface area contributed by atoms with Gasteiger partial charge in [0.25, 0.3) is 0 Å². The Bertz CT molecular complexity index is 382. The highest BCUT2D eigenvalue weighted by Gasteiger charge is 2.10. The molecule has 1 unspecified atom stereocenters. The van der Waals surface area contributed by atoms with Gasteiger partial charge in [-0.2, -0.15) is 0 Å². The van der Waals surface area contributed by atoms with Gasteiger partial charge in [-0.3, -0.25) is 0 Å². The molecule has 0 amide bonds. The minimum Gasteiger partial charge on any atom is -0.493 e. The molecule has 1 aromatic rings. The summed E-state index contributed by atoms with van der Waals surface area (Å²) in [7, 11) is 0. The van der Waals surface area contributed by atoms with E-state index < -0.39 is 0 Å². The van der Waals surface area contributed by atoms with E-state index in [1.165, 1.54) is 0 Å². The minimum atomic E-state index is 0.121. The predicted molar refractivity (Wildman–Crippen MR) is 79.7 cm³/mol. The average molecular weight is 286 g/mol. The van der Waals surface area contributed by atoms with Crippen molar-refractivity contribution in [2.24, 2.45) is 11.8 Å². The number of aliphatic hydroxyl groups excluding tert-OH is 1. The third-order valence-electron chi connectivity index (χ3n) is 2.77. The van der Waals surface area contributed by atoms with Crippen molar-refractivity contribution in [2.75, 3.05) is 19.8 Å². The molecule has 0 aliphatic rings. The van der Waals surface area contributed by atoms with Gasteiger partial charge in [0, 0.05) is 29.7 Å². The van der Waals surface area contributed by atoms with Crippen LogP contribution in [0.4, 0.5) is 0 Å². The van der Waals surface area contributed by atoms with Crippen molar-refractivity contribution in [3.05, 3.63) is 28.8 Å². The summed E-state index contributed by atoms with van der Waals surface area (Å²) in [5.74, 6) is 1.51. The molecule has 0 saturated heterocycles. The highest BCUT2D eigenvalue weighted by Crippen LogP contribution is 2.26. The van der Waals surface area contributed by atoms with Crippen molar-refractivity contribution in [2.45, 2.75) is 27.3 Å². The molecule has 108 valence electrons. The van der Waals surface area contributed by atoms with Crippen LogP contribution in [-0.4, -0.2) is 24.9 Å². The maximum Gasteiger partial charge on any atom is 0.125 e. The van der Waals surface area contributed by atoms with E-state index in [-0.39, 0.29) is 12.5 Å². The molecular formula is C15H24ClNO2. The van der Waals surface area contributed by atoms with Gasteiger partial charge in [0.2, 0.25) is 0 Å². The lowest BCUT2D eigenvalue weighted by molar-refractivity contribution is 0.173. The van der Waals surface area contributed by atoms with Crippen LogP contribution in [0.25, 0.3) is 0 Å². The molecule has 0 fully saturated rings. The van der Waals surface area contributed by atoms with Gasteiger partial charge in [-0.15, -0.1) is 0 Å². The van der Waals surface area contributed by atoms with E-state index in [0.717, 1.165) is 17.9 Å². The average Bonchev–Trinajstić information content (AvgIpc) is 2.38. The fourth-order valence-corrected chi connectivity index (χ4v) is 1.85. The number of rotatable bonds is 8. The topological polar surface area (TPSA) is 41.5 Å². The molecule has 0 radical (unpaired) electrons. The minimum absolute atomic E-state index is 0.121. The summed E-state index contributed by atoms with van der Waals surface area (Å²) in [4.78, 5) is 0. The van der Waals surface area contributed by atoms with E-state index in [0.29, 0.717) is 24.1 Å². The first-order valence-corrected chi connectivity index (χ1v) is 7.14. The first kappa shape index (κ1) is 16.3. The van der Waals surface area contributed by atoms with Gasteiger partial charge in [-0.1, -0.05) is 38.4 Å². The molecule has 1 aromatic carbocycles. The van der Waals surface area contributed by atoms with E-state index in [1.54, 1.807) is 0 Å². The molecule has 19 heavy (non-hydrogen) atoms. The summed E-state index contributed by atoms with van der Waals surface area (Å²) in [6, 6.07) is 5.67. The number of nitrogens with one attached hydrogen (secondary N) is 1. The van der Waals surface area contributed by atoms with Gasteiger partial charge in [0.05, 0.1) is 6.61 Å². The molecule has 0 aliphatic heterocycles. The van der Waals surface area contributed by atoms with E-state index >= 15 is 0 Å². The number of halogens is 1. The zero-order valence-corrected chi connectivity index (χ0v) is 12.7. The second-order valence-corrected chi connectivity index (χ2v) is 5.75. The Morgan fingerprint density at radius 1 is 1.32 bits per heavy atom. The van der Waals surface area contributed by atoms with Crippen molar-refractivity contribution in [3.63, 3.8) is 0 Å². The van der Waals surface area contributed by atoms with Crippen LogP contribution in [-0.2, 0) is 6.54 Å². The number of aliphatic hydroxyl groups is 1. The lowest BCUT2D eigenvalue weighted by Gasteiger charge is -2.16. The second-order valence-electron chi connectivity index (χ2n) is 5.34. The van der Waals surface area contributed by atoms with Crippen LogP contribution in [0.1, 0.15) is 26.3 Å². The summed E-state index contributed by atoms with van der Waals surface area (Å²) >= 11 is 6.22. The van der Waals surface area contributed by atoms with Crippen molar-refractivity contribution in [1.29, 1.82) is 0 Å². The molecule has 1 rings (SSSR count). The van der Waals surface area contributed by atoms with Gasteiger partial charge in [-0.05, 0) is 24.6 Å². The molecule has 0 saturated carbocycles. The van der Waals surface area contributed by atoms with Gasteiger partial charge in [-0.25, -0.2) is 0 Å². The second kappa shape index (κ2) is 8.41. The third kappa shape index (κ3) is 5.81. The largest absolute Gasteiger partial charge is 0.493 e. The standard InChI is InChI=1S/C15H24ClNO2/c1-11(2)7-17-8-13-14(16)5-4-6-15(13)19-10-12(3)9-18/h4-6,11-12,17-18H,7-10H2,1-3H3. The van der Waals surface area contributed by atoms with Crippen molar-refractivity contribution in [3.8, 4) is 5.75 Å². The number of benzene rings is 1. The van der Waals surface area contributed by atoms with Crippen LogP contribution < -0.4 is 10.1 Å². The molecule has 0 heterocycles. The highest BCUT2D eigenvalue weighted by atomic mass is 35.5. The molecule has 0 bridgehead atoms. The van der Waals surface area contributed by atoms with Gasteiger partial charge >= 0.3 is 0 Å². The molecular weight excluding hydrogens is 262 g/mol. The quantitative estimate of drug-likeness (QED) is 0.771. The van der Waals surface area contributed by atoms with Crippen LogP contribution in [0.2, 0.25) is 5.02 Å².